The molecule has 0 bridgehead atoms. The standard InChI is InChI=1S/C14H17Cl2NO2/c1-3-17(13(18)12-8-14(12,15)16)9-10-4-6-11(19-2)7-5-10/h4-7,12H,3,8-9H2,1-2H3. The Hall–Kier alpha value is -0.930. The first-order chi connectivity index (χ1) is 8.97. The maximum Gasteiger partial charge on any atom is 0.229 e. The highest BCUT2D eigenvalue weighted by molar-refractivity contribution is 6.52. The van der Waals surface area contributed by atoms with E-state index in [0.29, 0.717) is 19.5 Å². The van der Waals surface area contributed by atoms with Gasteiger partial charge in [-0.25, -0.2) is 0 Å². The topological polar surface area (TPSA) is 29.5 Å². The van der Waals surface area contributed by atoms with Crippen LogP contribution in [0, 0.1) is 5.92 Å². The minimum Gasteiger partial charge on any atom is -0.497 e. The highest BCUT2D eigenvalue weighted by atomic mass is 35.5. The number of ether oxygens (including phenoxy) is 1. The van der Waals surface area contributed by atoms with Gasteiger partial charge in [0.2, 0.25) is 5.91 Å². The van der Waals surface area contributed by atoms with Crippen molar-refractivity contribution in [3.05, 3.63) is 29.8 Å². The van der Waals surface area contributed by atoms with E-state index in [1.54, 1.807) is 12.0 Å². The minimum atomic E-state index is -0.857. The molecule has 1 amide bonds. The summed E-state index contributed by atoms with van der Waals surface area (Å²) >= 11 is 11.9. The summed E-state index contributed by atoms with van der Waals surface area (Å²) in [6.07, 6.45) is 0.550. The molecule has 5 heteroatoms. The van der Waals surface area contributed by atoms with Gasteiger partial charge in [-0.1, -0.05) is 12.1 Å². The van der Waals surface area contributed by atoms with Crippen LogP contribution in [0.5, 0.6) is 5.75 Å². The highest BCUT2D eigenvalue weighted by Gasteiger charge is 2.57. The number of halogens is 2. The summed E-state index contributed by atoms with van der Waals surface area (Å²) in [4.78, 5) is 14.0. The number of rotatable bonds is 5. The Labute approximate surface area is 123 Å². The number of alkyl halides is 2. The van der Waals surface area contributed by atoms with E-state index in [9.17, 15) is 4.79 Å². The molecule has 1 fully saturated rings. The molecule has 3 nitrogen and oxygen atoms in total. The van der Waals surface area contributed by atoms with Crippen molar-refractivity contribution < 1.29 is 9.53 Å². The van der Waals surface area contributed by atoms with Crippen molar-refractivity contribution in [2.24, 2.45) is 5.92 Å². The summed E-state index contributed by atoms with van der Waals surface area (Å²) in [7, 11) is 1.63. The fourth-order valence-corrected chi connectivity index (χ4v) is 2.49. The average molecular weight is 302 g/mol. The molecule has 1 atom stereocenters. The second-order valence-electron chi connectivity index (χ2n) is 4.72. The highest BCUT2D eigenvalue weighted by Crippen LogP contribution is 2.53. The molecule has 2 rings (SSSR count). The first kappa shape index (κ1) is 14.5. The minimum absolute atomic E-state index is 0.0309. The summed E-state index contributed by atoms with van der Waals surface area (Å²) in [6.45, 7) is 3.17. The van der Waals surface area contributed by atoms with Gasteiger partial charge in [0.25, 0.3) is 0 Å². The van der Waals surface area contributed by atoms with Crippen molar-refractivity contribution >= 4 is 29.1 Å². The van der Waals surface area contributed by atoms with Gasteiger partial charge in [0.05, 0.1) is 13.0 Å². The number of carbonyl (C=O) groups excluding carboxylic acids is 1. The molecular weight excluding hydrogens is 285 g/mol. The quantitative estimate of drug-likeness (QED) is 0.782. The molecule has 1 aliphatic carbocycles. The van der Waals surface area contributed by atoms with Crippen LogP contribution in [0.1, 0.15) is 18.9 Å². The Bertz CT molecular complexity index is 459. The van der Waals surface area contributed by atoms with Gasteiger partial charge in [-0.2, -0.15) is 0 Å². The van der Waals surface area contributed by atoms with Crippen LogP contribution in [0.15, 0.2) is 24.3 Å². The first-order valence-corrected chi connectivity index (χ1v) is 7.03. The average Bonchev–Trinajstić information content (AvgIpc) is 3.05. The summed E-state index contributed by atoms with van der Waals surface area (Å²) in [5, 5.41) is 0. The number of hydrogen-bond donors (Lipinski definition) is 0. The first-order valence-electron chi connectivity index (χ1n) is 6.27. The van der Waals surface area contributed by atoms with E-state index in [-0.39, 0.29) is 11.8 Å². The van der Waals surface area contributed by atoms with Gasteiger partial charge in [-0.05, 0) is 31.0 Å². The third-order valence-electron chi connectivity index (χ3n) is 3.35. The molecule has 0 radical (unpaired) electrons. The molecule has 104 valence electrons. The molecule has 0 heterocycles. The van der Waals surface area contributed by atoms with Crippen molar-refractivity contribution in [3.8, 4) is 5.75 Å². The van der Waals surface area contributed by atoms with Gasteiger partial charge in [-0.3, -0.25) is 4.79 Å². The van der Waals surface area contributed by atoms with Gasteiger partial charge >= 0.3 is 0 Å². The molecule has 0 aliphatic heterocycles. The fraction of sp³-hybridized carbons (Fsp3) is 0.500. The molecule has 1 aromatic rings. The van der Waals surface area contributed by atoms with Gasteiger partial charge in [0, 0.05) is 13.1 Å². The number of amides is 1. The molecule has 19 heavy (non-hydrogen) atoms. The maximum atomic E-state index is 12.2. The van der Waals surface area contributed by atoms with E-state index in [2.05, 4.69) is 0 Å². The van der Waals surface area contributed by atoms with Crippen LogP contribution in [0.4, 0.5) is 0 Å². The Balaban J connectivity index is 2.00. The molecule has 0 spiro atoms. The molecule has 0 aromatic heterocycles. The number of benzene rings is 1. The Morgan fingerprint density at radius 2 is 2.00 bits per heavy atom. The largest absolute Gasteiger partial charge is 0.497 e. The van der Waals surface area contributed by atoms with E-state index in [0.717, 1.165) is 11.3 Å². The smallest absolute Gasteiger partial charge is 0.229 e. The molecule has 1 aromatic carbocycles. The lowest BCUT2D eigenvalue weighted by molar-refractivity contribution is -0.133. The predicted octanol–water partition coefficient (Wildman–Crippen LogP) is 3.24. The van der Waals surface area contributed by atoms with E-state index in [1.165, 1.54) is 0 Å². The molecule has 1 saturated carbocycles. The van der Waals surface area contributed by atoms with E-state index < -0.39 is 4.33 Å². The van der Waals surface area contributed by atoms with Crippen LogP contribution >= 0.6 is 23.2 Å². The van der Waals surface area contributed by atoms with Crippen LogP contribution in [-0.4, -0.2) is 28.8 Å². The Morgan fingerprint density at radius 3 is 2.42 bits per heavy atom. The summed E-state index contributed by atoms with van der Waals surface area (Å²) in [5.41, 5.74) is 1.06. The lowest BCUT2D eigenvalue weighted by Gasteiger charge is -2.21. The van der Waals surface area contributed by atoms with E-state index >= 15 is 0 Å². The lowest BCUT2D eigenvalue weighted by Crippen LogP contribution is -2.32. The van der Waals surface area contributed by atoms with Gasteiger partial charge in [-0.15, -0.1) is 23.2 Å². The third kappa shape index (κ3) is 3.34. The Morgan fingerprint density at radius 1 is 1.42 bits per heavy atom. The number of nitrogens with zero attached hydrogens (tertiary/aromatic N) is 1. The van der Waals surface area contributed by atoms with Crippen LogP contribution in [0.2, 0.25) is 0 Å². The normalized spacial score (nSPS) is 19.9. The zero-order valence-electron chi connectivity index (χ0n) is 11.0. The molecular formula is C14H17Cl2NO2. The zero-order valence-corrected chi connectivity index (χ0v) is 12.5. The lowest BCUT2D eigenvalue weighted by atomic mass is 10.2. The van der Waals surface area contributed by atoms with Crippen LogP contribution in [0.3, 0.4) is 0 Å². The number of methoxy groups -OCH3 is 1. The fourth-order valence-electron chi connectivity index (χ4n) is 2.00. The van der Waals surface area contributed by atoms with E-state index in [1.807, 2.05) is 31.2 Å². The van der Waals surface area contributed by atoms with Crippen molar-refractivity contribution in [2.45, 2.75) is 24.2 Å². The van der Waals surface area contributed by atoms with Crippen molar-refractivity contribution in [3.63, 3.8) is 0 Å². The number of hydrogen-bond acceptors (Lipinski definition) is 2. The van der Waals surface area contributed by atoms with Crippen molar-refractivity contribution in [1.82, 2.24) is 4.90 Å². The van der Waals surface area contributed by atoms with Crippen LogP contribution in [0.25, 0.3) is 0 Å². The second-order valence-corrected chi connectivity index (χ2v) is 6.26. The SMILES string of the molecule is CCN(Cc1ccc(OC)cc1)C(=O)C1CC1(Cl)Cl. The van der Waals surface area contributed by atoms with Gasteiger partial charge in [0.15, 0.2) is 0 Å². The van der Waals surface area contributed by atoms with Crippen molar-refractivity contribution in [1.29, 1.82) is 0 Å². The second kappa shape index (κ2) is 5.59. The molecule has 1 unspecified atom stereocenters. The zero-order chi connectivity index (χ0) is 14.0. The van der Waals surface area contributed by atoms with E-state index in [4.69, 9.17) is 27.9 Å². The number of carbonyl (C=O) groups is 1. The predicted molar refractivity (Wildman–Crippen MR) is 76.6 cm³/mol. The third-order valence-corrected chi connectivity index (χ3v) is 4.19. The Kier molecular flexibility index (Phi) is 4.26. The molecule has 0 N–H and O–H groups in total. The molecule has 1 aliphatic rings. The monoisotopic (exact) mass is 301 g/mol. The van der Waals surface area contributed by atoms with Crippen LogP contribution < -0.4 is 4.74 Å². The summed E-state index contributed by atoms with van der Waals surface area (Å²) in [6, 6.07) is 7.68. The molecule has 0 saturated heterocycles. The summed E-state index contributed by atoms with van der Waals surface area (Å²) < 4.78 is 4.25. The maximum absolute atomic E-state index is 12.2. The van der Waals surface area contributed by atoms with Gasteiger partial charge in [0.1, 0.15) is 10.1 Å². The van der Waals surface area contributed by atoms with Gasteiger partial charge < -0.3 is 9.64 Å². The summed E-state index contributed by atoms with van der Waals surface area (Å²) in [5.74, 6) is 0.582. The van der Waals surface area contributed by atoms with Crippen LogP contribution in [-0.2, 0) is 11.3 Å². The van der Waals surface area contributed by atoms with Crippen molar-refractivity contribution in [2.75, 3.05) is 13.7 Å².